The summed E-state index contributed by atoms with van der Waals surface area (Å²) in [5.41, 5.74) is 1.13. The van der Waals surface area contributed by atoms with E-state index in [1.54, 1.807) is 25.3 Å². The van der Waals surface area contributed by atoms with E-state index >= 15 is 0 Å². The quantitative estimate of drug-likeness (QED) is 0.878. The van der Waals surface area contributed by atoms with E-state index in [-0.39, 0.29) is 11.8 Å². The zero-order valence-electron chi connectivity index (χ0n) is 11.8. The van der Waals surface area contributed by atoms with Crippen LogP contribution < -0.4 is 0 Å². The molecule has 0 bridgehead atoms. The number of amides is 1. The number of nitrogens with zero attached hydrogens (tertiary/aromatic N) is 2. The summed E-state index contributed by atoms with van der Waals surface area (Å²) < 4.78 is 5.42. The third-order valence-corrected chi connectivity index (χ3v) is 3.75. The second kappa shape index (κ2) is 5.75. The van der Waals surface area contributed by atoms with Gasteiger partial charge in [0.15, 0.2) is 0 Å². The molecule has 0 unspecified atom stereocenters. The van der Waals surface area contributed by atoms with Crippen molar-refractivity contribution in [3.05, 3.63) is 23.7 Å². The first-order valence-corrected chi connectivity index (χ1v) is 6.61. The molecule has 19 heavy (non-hydrogen) atoms. The third-order valence-electron chi connectivity index (χ3n) is 3.75. The van der Waals surface area contributed by atoms with Crippen LogP contribution in [0, 0.1) is 12.8 Å². The van der Waals surface area contributed by atoms with E-state index in [0.717, 1.165) is 17.9 Å². The minimum absolute atomic E-state index is 0.0187. The van der Waals surface area contributed by atoms with Crippen molar-refractivity contribution in [2.45, 2.75) is 26.0 Å². The number of aryl methyl sites for hydroxylation is 1. The molecule has 0 radical (unpaired) electrons. The number of likely N-dealkylation sites (tertiary alicyclic amines) is 1. The fraction of sp³-hybridized carbons (Fsp3) is 0.643. The Kier molecular flexibility index (Phi) is 4.27. The number of aliphatic hydroxyl groups is 1. The standard InChI is InChI=1S/C14H22N2O3/c1-10-4-5-19-13(10)9-16-7-11(12(17)8-16)6-14(18)15(2)3/h4-5,11-12,17H,6-9H2,1-3H3/t11-,12-/m1/s1. The molecule has 1 fully saturated rings. The van der Waals surface area contributed by atoms with Gasteiger partial charge in [0.1, 0.15) is 5.76 Å². The number of β-amino-alcohol motifs (C(OH)–C–C–N with tert-alkyl or cyclic N) is 1. The van der Waals surface area contributed by atoms with E-state index in [4.69, 9.17) is 4.42 Å². The number of carbonyl (C=O) groups excluding carboxylic acids is 1. The predicted octanol–water partition coefficient (Wildman–Crippen LogP) is 0.859. The highest BCUT2D eigenvalue weighted by Gasteiger charge is 2.33. The lowest BCUT2D eigenvalue weighted by atomic mass is 10.0. The Morgan fingerprint density at radius 2 is 2.26 bits per heavy atom. The highest BCUT2D eigenvalue weighted by Crippen LogP contribution is 2.23. The minimum Gasteiger partial charge on any atom is -0.468 e. The normalized spacial score (nSPS) is 23.8. The summed E-state index contributed by atoms with van der Waals surface area (Å²) in [7, 11) is 3.49. The number of hydrogen-bond donors (Lipinski definition) is 1. The maximum Gasteiger partial charge on any atom is 0.222 e. The first-order valence-electron chi connectivity index (χ1n) is 6.61. The van der Waals surface area contributed by atoms with Crippen LogP contribution >= 0.6 is 0 Å². The Morgan fingerprint density at radius 3 is 2.84 bits per heavy atom. The number of furan rings is 1. The number of rotatable bonds is 4. The average Bonchev–Trinajstić information content (AvgIpc) is 2.87. The molecule has 0 spiro atoms. The van der Waals surface area contributed by atoms with Crippen LogP contribution in [0.5, 0.6) is 0 Å². The topological polar surface area (TPSA) is 56.9 Å². The van der Waals surface area contributed by atoms with Crippen LogP contribution in [0.2, 0.25) is 0 Å². The molecule has 2 atom stereocenters. The molecule has 5 heteroatoms. The molecule has 0 aromatic carbocycles. The molecule has 106 valence electrons. The summed E-state index contributed by atoms with van der Waals surface area (Å²) in [6.45, 7) is 4.05. The molecule has 0 aliphatic carbocycles. The highest BCUT2D eigenvalue weighted by molar-refractivity contribution is 5.75. The summed E-state index contributed by atoms with van der Waals surface area (Å²) in [6.07, 6.45) is 1.66. The SMILES string of the molecule is Cc1ccoc1CN1C[C@@H](CC(=O)N(C)C)[C@H](O)C1. The molecule has 1 saturated heterocycles. The van der Waals surface area contributed by atoms with Crippen molar-refractivity contribution in [1.29, 1.82) is 0 Å². The fourth-order valence-electron chi connectivity index (χ4n) is 2.45. The van der Waals surface area contributed by atoms with Crippen LogP contribution in [0.4, 0.5) is 0 Å². The second-order valence-corrected chi connectivity index (χ2v) is 5.54. The van der Waals surface area contributed by atoms with Crippen LogP contribution in [-0.2, 0) is 11.3 Å². The predicted molar refractivity (Wildman–Crippen MR) is 71.5 cm³/mol. The molecule has 1 aliphatic rings. The van der Waals surface area contributed by atoms with Gasteiger partial charge in [-0.2, -0.15) is 0 Å². The van der Waals surface area contributed by atoms with Crippen molar-refractivity contribution in [3.63, 3.8) is 0 Å². The molecule has 1 aromatic heterocycles. The van der Waals surface area contributed by atoms with Crippen molar-refractivity contribution in [3.8, 4) is 0 Å². The van der Waals surface area contributed by atoms with E-state index in [0.29, 0.717) is 19.5 Å². The Bertz CT molecular complexity index is 442. The first kappa shape index (κ1) is 14.1. The number of hydrogen-bond acceptors (Lipinski definition) is 4. The van der Waals surface area contributed by atoms with Crippen LogP contribution in [0.25, 0.3) is 0 Å². The largest absolute Gasteiger partial charge is 0.468 e. The monoisotopic (exact) mass is 266 g/mol. The maximum absolute atomic E-state index is 11.7. The van der Waals surface area contributed by atoms with E-state index in [1.807, 2.05) is 13.0 Å². The van der Waals surface area contributed by atoms with E-state index in [2.05, 4.69) is 4.90 Å². The van der Waals surface area contributed by atoms with Crippen molar-refractivity contribution < 1.29 is 14.3 Å². The molecule has 1 aromatic rings. The minimum atomic E-state index is -0.431. The van der Waals surface area contributed by atoms with Gasteiger partial charge in [-0.3, -0.25) is 9.69 Å². The summed E-state index contributed by atoms with van der Waals surface area (Å²) in [4.78, 5) is 15.4. The third kappa shape index (κ3) is 3.36. The lowest BCUT2D eigenvalue weighted by molar-refractivity contribution is -0.130. The molecule has 1 amide bonds. The summed E-state index contributed by atoms with van der Waals surface area (Å²) >= 11 is 0. The lowest BCUT2D eigenvalue weighted by Crippen LogP contribution is -2.28. The second-order valence-electron chi connectivity index (χ2n) is 5.54. The van der Waals surface area contributed by atoms with Gasteiger partial charge >= 0.3 is 0 Å². The molecule has 2 rings (SSSR count). The van der Waals surface area contributed by atoms with Gasteiger partial charge in [0, 0.05) is 39.5 Å². The van der Waals surface area contributed by atoms with Crippen molar-refractivity contribution in [1.82, 2.24) is 9.80 Å². The van der Waals surface area contributed by atoms with Gasteiger partial charge in [0.2, 0.25) is 5.91 Å². The van der Waals surface area contributed by atoms with Crippen LogP contribution in [0.3, 0.4) is 0 Å². The van der Waals surface area contributed by atoms with Crippen molar-refractivity contribution >= 4 is 5.91 Å². The van der Waals surface area contributed by atoms with E-state index < -0.39 is 6.10 Å². The molecule has 1 aliphatic heterocycles. The lowest BCUT2D eigenvalue weighted by Gasteiger charge is -2.16. The molecular formula is C14H22N2O3. The smallest absolute Gasteiger partial charge is 0.222 e. The maximum atomic E-state index is 11.7. The number of aliphatic hydroxyl groups excluding tert-OH is 1. The van der Waals surface area contributed by atoms with Gasteiger partial charge in [0.25, 0.3) is 0 Å². The van der Waals surface area contributed by atoms with Gasteiger partial charge < -0.3 is 14.4 Å². The zero-order valence-corrected chi connectivity index (χ0v) is 11.8. The van der Waals surface area contributed by atoms with Gasteiger partial charge in [-0.25, -0.2) is 0 Å². The first-order chi connectivity index (χ1) is 8.97. The van der Waals surface area contributed by atoms with E-state index in [9.17, 15) is 9.90 Å². The molecule has 5 nitrogen and oxygen atoms in total. The Balaban J connectivity index is 1.90. The van der Waals surface area contributed by atoms with E-state index in [1.165, 1.54) is 0 Å². The Morgan fingerprint density at radius 1 is 1.53 bits per heavy atom. The number of carbonyl (C=O) groups is 1. The Hall–Kier alpha value is -1.33. The van der Waals surface area contributed by atoms with Gasteiger partial charge in [-0.05, 0) is 18.6 Å². The zero-order chi connectivity index (χ0) is 14.0. The fourth-order valence-corrected chi connectivity index (χ4v) is 2.45. The van der Waals surface area contributed by atoms with Crippen LogP contribution in [0.15, 0.2) is 16.7 Å². The van der Waals surface area contributed by atoms with Gasteiger partial charge in [0.05, 0.1) is 18.9 Å². The van der Waals surface area contributed by atoms with Crippen LogP contribution in [-0.4, -0.2) is 54.1 Å². The van der Waals surface area contributed by atoms with Gasteiger partial charge in [-0.1, -0.05) is 0 Å². The molecule has 2 heterocycles. The highest BCUT2D eigenvalue weighted by atomic mass is 16.3. The molecule has 1 N–H and O–H groups in total. The van der Waals surface area contributed by atoms with Crippen molar-refractivity contribution in [2.75, 3.05) is 27.2 Å². The van der Waals surface area contributed by atoms with Gasteiger partial charge in [-0.15, -0.1) is 0 Å². The average molecular weight is 266 g/mol. The van der Waals surface area contributed by atoms with Crippen LogP contribution in [0.1, 0.15) is 17.7 Å². The molecule has 0 saturated carbocycles. The summed E-state index contributed by atoms with van der Waals surface area (Å²) in [5.74, 6) is 1.03. The molecular weight excluding hydrogens is 244 g/mol. The Labute approximate surface area is 113 Å². The van der Waals surface area contributed by atoms with Crippen molar-refractivity contribution in [2.24, 2.45) is 5.92 Å². The summed E-state index contributed by atoms with van der Waals surface area (Å²) in [5, 5.41) is 10.0. The summed E-state index contributed by atoms with van der Waals surface area (Å²) in [6, 6.07) is 1.94.